The molecule has 0 N–H and O–H groups in total. The van der Waals surface area contributed by atoms with Gasteiger partial charge in [-0.1, -0.05) is 55.0 Å². The molecule has 0 bridgehead atoms. The van der Waals surface area contributed by atoms with Crippen LogP contribution in [-0.2, 0) is 0 Å². The number of aryl methyl sites for hydroxylation is 2. The number of hydrogen-bond acceptors (Lipinski definition) is 0. The van der Waals surface area contributed by atoms with Gasteiger partial charge >= 0.3 is 0 Å². The van der Waals surface area contributed by atoms with Gasteiger partial charge in [0.25, 0.3) is 0 Å². The van der Waals surface area contributed by atoms with E-state index in [2.05, 4.69) is 70.2 Å². The van der Waals surface area contributed by atoms with Gasteiger partial charge in [-0.25, -0.2) is 0 Å². The minimum absolute atomic E-state index is 0.523. The molecular formula is C17H20. The maximum atomic E-state index is 2.30. The summed E-state index contributed by atoms with van der Waals surface area (Å²) in [6.45, 7) is 8.72. The highest BCUT2D eigenvalue weighted by Gasteiger charge is 2.04. The van der Waals surface area contributed by atoms with E-state index in [-0.39, 0.29) is 0 Å². The number of hydrogen-bond donors (Lipinski definition) is 0. The van der Waals surface area contributed by atoms with Crippen LogP contribution in [0.3, 0.4) is 0 Å². The molecule has 0 nitrogen and oxygen atoms in total. The molecule has 0 fully saturated rings. The summed E-state index contributed by atoms with van der Waals surface area (Å²) in [4.78, 5) is 0. The fraction of sp³-hybridized carbons (Fsp3) is 0.294. The summed E-state index contributed by atoms with van der Waals surface area (Å²) in [5.74, 6) is 0.523. The van der Waals surface area contributed by atoms with Gasteiger partial charge in [0.2, 0.25) is 0 Å². The Morgan fingerprint density at radius 3 is 2.47 bits per heavy atom. The topological polar surface area (TPSA) is 0 Å². The van der Waals surface area contributed by atoms with Crippen molar-refractivity contribution in [2.75, 3.05) is 0 Å². The van der Waals surface area contributed by atoms with Gasteiger partial charge in [0.05, 0.1) is 0 Å². The molecule has 0 saturated carbocycles. The predicted molar refractivity (Wildman–Crippen MR) is 76.0 cm³/mol. The van der Waals surface area contributed by atoms with E-state index in [0.29, 0.717) is 5.92 Å². The zero-order chi connectivity index (χ0) is 12.4. The largest absolute Gasteiger partial charge is 0.0773 e. The lowest BCUT2D eigenvalue weighted by Crippen LogP contribution is -1.86. The molecular weight excluding hydrogens is 204 g/mol. The first-order valence-electron chi connectivity index (χ1n) is 6.22. The molecule has 0 amide bonds. The molecule has 0 spiro atoms. The molecule has 1 atom stereocenters. The molecule has 0 aromatic heterocycles. The molecule has 1 unspecified atom stereocenters. The molecule has 88 valence electrons. The van der Waals surface area contributed by atoms with Crippen LogP contribution < -0.4 is 0 Å². The Labute approximate surface area is 104 Å². The quantitative estimate of drug-likeness (QED) is 0.640. The highest BCUT2D eigenvalue weighted by Crippen LogP contribution is 2.24. The normalized spacial score (nSPS) is 19.6. The maximum absolute atomic E-state index is 2.30. The van der Waals surface area contributed by atoms with Gasteiger partial charge in [-0.2, -0.15) is 0 Å². The SMILES string of the molecule is CC1=CC(C)C=CC(c2ccc(C)c(C)c2)=C1. The van der Waals surface area contributed by atoms with Crippen LogP contribution in [0.4, 0.5) is 0 Å². The highest BCUT2D eigenvalue weighted by atomic mass is 14.1. The van der Waals surface area contributed by atoms with E-state index in [1.54, 1.807) is 0 Å². The van der Waals surface area contributed by atoms with Crippen molar-refractivity contribution in [2.45, 2.75) is 27.7 Å². The first-order chi connectivity index (χ1) is 8.06. The lowest BCUT2D eigenvalue weighted by molar-refractivity contribution is 0.934. The molecule has 0 radical (unpaired) electrons. The summed E-state index contributed by atoms with van der Waals surface area (Å²) in [5, 5.41) is 0. The van der Waals surface area contributed by atoms with Crippen LogP contribution in [0, 0.1) is 19.8 Å². The lowest BCUT2D eigenvalue weighted by atomic mass is 9.99. The van der Waals surface area contributed by atoms with Gasteiger partial charge < -0.3 is 0 Å². The third-order valence-electron chi connectivity index (χ3n) is 3.33. The van der Waals surface area contributed by atoms with Crippen LogP contribution in [0.25, 0.3) is 5.57 Å². The average molecular weight is 224 g/mol. The molecule has 2 rings (SSSR count). The summed E-state index contributed by atoms with van der Waals surface area (Å²) in [6.07, 6.45) is 9.06. The Balaban J connectivity index is 2.43. The first-order valence-corrected chi connectivity index (χ1v) is 6.22. The molecule has 1 aromatic carbocycles. The molecule has 1 aliphatic carbocycles. The summed E-state index contributed by atoms with van der Waals surface area (Å²) in [5.41, 5.74) is 6.68. The summed E-state index contributed by atoms with van der Waals surface area (Å²) < 4.78 is 0. The maximum Gasteiger partial charge on any atom is -0.00728 e. The summed E-state index contributed by atoms with van der Waals surface area (Å²) in [7, 11) is 0. The van der Waals surface area contributed by atoms with Gasteiger partial charge in [0.15, 0.2) is 0 Å². The lowest BCUT2D eigenvalue weighted by Gasteiger charge is -2.06. The molecule has 1 aromatic rings. The first kappa shape index (κ1) is 11.9. The van der Waals surface area contributed by atoms with Crippen LogP contribution in [0.1, 0.15) is 30.5 Å². The van der Waals surface area contributed by atoms with E-state index in [4.69, 9.17) is 0 Å². The Morgan fingerprint density at radius 2 is 1.76 bits per heavy atom. The van der Waals surface area contributed by atoms with Crippen molar-refractivity contribution < 1.29 is 0 Å². The number of benzene rings is 1. The minimum Gasteiger partial charge on any atom is -0.0773 e. The van der Waals surface area contributed by atoms with E-state index in [9.17, 15) is 0 Å². The van der Waals surface area contributed by atoms with Gasteiger partial charge in [-0.3, -0.25) is 0 Å². The fourth-order valence-electron chi connectivity index (χ4n) is 2.17. The monoisotopic (exact) mass is 224 g/mol. The Kier molecular flexibility index (Phi) is 3.33. The highest BCUT2D eigenvalue weighted by molar-refractivity contribution is 5.77. The smallest absolute Gasteiger partial charge is 0.00728 e. The zero-order valence-electron chi connectivity index (χ0n) is 11.1. The van der Waals surface area contributed by atoms with Crippen LogP contribution in [-0.4, -0.2) is 0 Å². The van der Waals surface area contributed by atoms with E-state index in [0.717, 1.165) is 0 Å². The van der Waals surface area contributed by atoms with Crippen molar-refractivity contribution in [1.82, 2.24) is 0 Å². The minimum atomic E-state index is 0.523. The number of allylic oxidation sites excluding steroid dienone is 6. The number of rotatable bonds is 1. The standard InChI is InChI=1S/C17H20/c1-12-5-7-16(10-13(2)9-12)17-8-6-14(3)15(4)11-17/h5-12H,1-4H3. The van der Waals surface area contributed by atoms with Crippen molar-refractivity contribution in [3.63, 3.8) is 0 Å². The van der Waals surface area contributed by atoms with Crippen molar-refractivity contribution in [3.05, 3.63) is 64.8 Å². The van der Waals surface area contributed by atoms with Crippen molar-refractivity contribution in [3.8, 4) is 0 Å². The molecule has 17 heavy (non-hydrogen) atoms. The second kappa shape index (κ2) is 4.75. The summed E-state index contributed by atoms with van der Waals surface area (Å²) >= 11 is 0. The third kappa shape index (κ3) is 2.76. The van der Waals surface area contributed by atoms with Gasteiger partial charge in [-0.15, -0.1) is 0 Å². The molecule has 0 saturated heterocycles. The van der Waals surface area contributed by atoms with Gasteiger partial charge in [0, 0.05) is 0 Å². The molecule has 0 aliphatic heterocycles. The van der Waals surface area contributed by atoms with Crippen LogP contribution in [0.5, 0.6) is 0 Å². The Hall–Kier alpha value is -1.56. The second-order valence-corrected chi connectivity index (χ2v) is 5.03. The third-order valence-corrected chi connectivity index (χ3v) is 3.33. The molecule has 0 heteroatoms. The van der Waals surface area contributed by atoms with Crippen LogP contribution >= 0.6 is 0 Å². The molecule has 1 aliphatic rings. The Bertz CT molecular complexity index is 513. The van der Waals surface area contributed by atoms with E-state index < -0.39 is 0 Å². The van der Waals surface area contributed by atoms with E-state index in [1.165, 1.54) is 27.8 Å². The van der Waals surface area contributed by atoms with Gasteiger partial charge in [-0.05, 0) is 49.0 Å². The fourth-order valence-corrected chi connectivity index (χ4v) is 2.17. The van der Waals surface area contributed by atoms with Crippen molar-refractivity contribution in [1.29, 1.82) is 0 Å². The van der Waals surface area contributed by atoms with Crippen molar-refractivity contribution >= 4 is 5.57 Å². The van der Waals surface area contributed by atoms with E-state index >= 15 is 0 Å². The van der Waals surface area contributed by atoms with Crippen LogP contribution in [0.2, 0.25) is 0 Å². The van der Waals surface area contributed by atoms with Crippen molar-refractivity contribution in [2.24, 2.45) is 5.92 Å². The molecule has 0 heterocycles. The van der Waals surface area contributed by atoms with Gasteiger partial charge in [0.1, 0.15) is 0 Å². The summed E-state index contributed by atoms with van der Waals surface area (Å²) in [6, 6.07) is 6.68. The second-order valence-electron chi connectivity index (χ2n) is 5.03. The van der Waals surface area contributed by atoms with Crippen LogP contribution in [0.15, 0.2) is 48.1 Å². The average Bonchev–Trinajstić information content (AvgIpc) is 2.43. The zero-order valence-corrected chi connectivity index (χ0v) is 11.1. The Morgan fingerprint density at radius 1 is 1.00 bits per heavy atom. The van der Waals surface area contributed by atoms with E-state index in [1.807, 2.05) is 0 Å². The predicted octanol–water partition coefficient (Wildman–Crippen LogP) is 4.84.